The molecule has 16 heavy (non-hydrogen) atoms. The number of aliphatic hydroxyl groups excluding tert-OH is 1. The number of nitrogens with zero attached hydrogens (tertiary/aromatic N) is 1. The first-order chi connectivity index (χ1) is 7.61. The lowest BCUT2D eigenvalue weighted by molar-refractivity contribution is 0.00596. The fourth-order valence-electron chi connectivity index (χ4n) is 1.65. The van der Waals surface area contributed by atoms with Crippen LogP contribution in [0.25, 0.3) is 0 Å². The minimum atomic E-state index is -0.400. The molecule has 1 aliphatic heterocycles. The number of nitrogens with two attached hydrogens (primary N) is 1. The minimum Gasteiger partial charge on any atom is -0.497 e. The van der Waals surface area contributed by atoms with Gasteiger partial charge in [-0.15, -0.1) is 0 Å². The zero-order chi connectivity index (χ0) is 11.7. The maximum Gasteiger partial charge on any atom is 0.256 e. The number of ether oxygens (including phenoxy) is 1. The van der Waals surface area contributed by atoms with Crippen molar-refractivity contribution in [3.05, 3.63) is 23.8 Å². The van der Waals surface area contributed by atoms with Crippen LogP contribution in [0.4, 0.5) is 5.69 Å². The number of carbonyl (C=O) groups excluding carboxylic acids is 1. The maximum atomic E-state index is 11.9. The van der Waals surface area contributed by atoms with Gasteiger partial charge in [0.15, 0.2) is 0 Å². The van der Waals surface area contributed by atoms with E-state index in [0.29, 0.717) is 30.1 Å². The average molecular weight is 222 g/mol. The molecule has 1 saturated heterocycles. The number of nitrogen functional groups attached to an aromatic ring is 1. The molecule has 2 rings (SSSR count). The largest absolute Gasteiger partial charge is 0.497 e. The summed E-state index contributed by atoms with van der Waals surface area (Å²) < 4.78 is 5.00. The first kappa shape index (κ1) is 10.8. The smallest absolute Gasteiger partial charge is 0.256 e. The van der Waals surface area contributed by atoms with Gasteiger partial charge in [-0.2, -0.15) is 0 Å². The molecule has 1 heterocycles. The van der Waals surface area contributed by atoms with Crippen molar-refractivity contribution in [1.29, 1.82) is 0 Å². The van der Waals surface area contributed by atoms with Crippen molar-refractivity contribution in [1.82, 2.24) is 4.90 Å². The van der Waals surface area contributed by atoms with E-state index in [1.807, 2.05) is 0 Å². The van der Waals surface area contributed by atoms with Crippen LogP contribution in [0, 0.1) is 0 Å². The van der Waals surface area contributed by atoms with Gasteiger partial charge in [0, 0.05) is 24.8 Å². The highest BCUT2D eigenvalue weighted by Crippen LogP contribution is 2.22. The van der Waals surface area contributed by atoms with Gasteiger partial charge >= 0.3 is 0 Å². The number of carbonyl (C=O) groups is 1. The van der Waals surface area contributed by atoms with Crippen LogP contribution in [-0.2, 0) is 0 Å². The third-order valence-electron chi connectivity index (χ3n) is 2.64. The Morgan fingerprint density at radius 1 is 1.56 bits per heavy atom. The first-order valence-electron chi connectivity index (χ1n) is 5.02. The highest BCUT2D eigenvalue weighted by molar-refractivity contribution is 5.99. The zero-order valence-electron chi connectivity index (χ0n) is 9.01. The number of methoxy groups -OCH3 is 1. The SMILES string of the molecule is COc1ccc(C(=O)N2CC(O)C2)c(N)c1. The number of rotatable bonds is 2. The molecule has 1 fully saturated rings. The van der Waals surface area contributed by atoms with Crippen molar-refractivity contribution in [2.24, 2.45) is 0 Å². The van der Waals surface area contributed by atoms with Gasteiger partial charge in [0.25, 0.3) is 5.91 Å². The highest BCUT2D eigenvalue weighted by Gasteiger charge is 2.30. The number of likely N-dealkylation sites (tertiary alicyclic amines) is 1. The zero-order valence-corrected chi connectivity index (χ0v) is 9.01. The average Bonchev–Trinajstić information content (AvgIpc) is 2.23. The van der Waals surface area contributed by atoms with Gasteiger partial charge in [0.2, 0.25) is 0 Å². The van der Waals surface area contributed by atoms with Crippen molar-refractivity contribution in [2.45, 2.75) is 6.10 Å². The third-order valence-corrected chi connectivity index (χ3v) is 2.64. The molecule has 1 aromatic rings. The fourth-order valence-corrected chi connectivity index (χ4v) is 1.65. The summed E-state index contributed by atoms with van der Waals surface area (Å²) in [5, 5.41) is 9.12. The molecule has 0 spiro atoms. The van der Waals surface area contributed by atoms with E-state index in [1.165, 1.54) is 0 Å². The summed E-state index contributed by atoms with van der Waals surface area (Å²) in [6.07, 6.45) is -0.400. The lowest BCUT2D eigenvalue weighted by atomic mass is 10.1. The number of hydrogen-bond donors (Lipinski definition) is 2. The van der Waals surface area contributed by atoms with Crippen LogP contribution in [0.3, 0.4) is 0 Å². The van der Waals surface area contributed by atoms with Crippen LogP contribution in [-0.4, -0.2) is 42.2 Å². The van der Waals surface area contributed by atoms with Gasteiger partial charge in [0.05, 0.1) is 18.8 Å². The summed E-state index contributed by atoms with van der Waals surface area (Å²) in [6, 6.07) is 4.95. The van der Waals surface area contributed by atoms with E-state index in [4.69, 9.17) is 15.6 Å². The second kappa shape index (κ2) is 4.02. The van der Waals surface area contributed by atoms with Gasteiger partial charge < -0.3 is 20.5 Å². The number of aliphatic hydroxyl groups is 1. The normalized spacial score (nSPS) is 15.8. The van der Waals surface area contributed by atoms with Crippen LogP contribution in [0.2, 0.25) is 0 Å². The number of anilines is 1. The fraction of sp³-hybridized carbons (Fsp3) is 0.364. The Hall–Kier alpha value is -1.75. The van der Waals surface area contributed by atoms with Gasteiger partial charge in [0.1, 0.15) is 5.75 Å². The summed E-state index contributed by atoms with van der Waals surface area (Å²) in [7, 11) is 1.54. The van der Waals surface area contributed by atoms with Crippen molar-refractivity contribution in [3.63, 3.8) is 0 Å². The minimum absolute atomic E-state index is 0.148. The van der Waals surface area contributed by atoms with E-state index >= 15 is 0 Å². The first-order valence-corrected chi connectivity index (χ1v) is 5.02. The highest BCUT2D eigenvalue weighted by atomic mass is 16.5. The summed E-state index contributed by atoms with van der Waals surface area (Å²) in [4.78, 5) is 13.4. The quantitative estimate of drug-likeness (QED) is 0.695. The van der Waals surface area contributed by atoms with Crippen molar-refractivity contribution >= 4 is 11.6 Å². The number of amides is 1. The van der Waals surface area contributed by atoms with Crippen molar-refractivity contribution < 1.29 is 14.6 Å². The van der Waals surface area contributed by atoms with Gasteiger partial charge in [-0.05, 0) is 12.1 Å². The van der Waals surface area contributed by atoms with Crippen molar-refractivity contribution in [2.75, 3.05) is 25.9 Å². The molecular formula is C11H14N2O3. The molecule has 3 N–H and O–H groups in total. The van der Waals surface area contributed by atoms with E-state index in [1.54, 1.807) is 30.2 Å². The Labute approximate surface area is 93.4 Å². The molecule has 1 aliphatic rings. The Morgan fingerprint density at radius 2 is 2.25 bits per heavy atom. The van der Waals surface area contributed by atoms with E-state index in [9.17, 15) is 4.79 Å². The van der Waals surface area contributed by atoms with E-state index in [-0.39, 0.29) is 5.91 Å². The molecule has 0 aliphatic carbocycles. The molecule has 0 unspecified atom stereocenters. The summed E-state index contributed by atoms with van der Waals surface area (Å²) in [5.41, 5.74) is 6.60. The van der Waals surface area contributed by atoms with Crippen LogP contribution in [0.1, 0.15) is 10.4 Å². The molecule has 0 aromatic heterocycles. The lowest BCUT2D eigenvalue weighted by Crippen LogP contribution is -2.53. The summed E-state index contributed by atoms with van der Waals surface area (Å²) in [6.45, 7) is 0.759. The Balaban J connectivity index is 2.17. The molecule has 5 nitrogen and oxygen atoms in total. The van der Waals surface area contributed by atoms with Gasteiger partial charge in [-0.1, -0.05) is 0 Å². The second-order valence-corrected chi connectivity index (χ2v) is 3.82. The molecule has 0 saturated carbocycles. The molecule has 86 valence electrons. The molecule has 0 atom stereocenters. The van der Waals surface area contributed by atoms with Gasteiger partial charge in [-0.3, -0.25) is 4.79 Å². The Morgan fingerprint density at radius 3 is 2.75 bits per heavy atom. The maximum absolute atomic E-state index is 11.9. The predicted molar refractivity (Wildman–Crippen MR) is 59.3 cm³/mol. The van der Waals surface area contributed by atoms with E-state index in [2.05, 4.69) is 0 Å². The molecule has 1 aromatic carbocycles. The monoisotopic (exact) mass is 222 g/mol. The Bertz CT molecular complexity index is 414. The van der Waals surface area contributed by atoms with Gasteiger partial charge in [-0.25, -0.2) is 0 Å². The molecule has 1 amide bonds. The van der Waals surface area contributed by atoms with Crippen LogP contribution >= 0.6 is 0 Å². The van der Waals surface area contributed by atoms with Crippen LogP contribution in [0.15, 0.2) is 18.2 Å². The van der Waals surface area contributed by atoms with Crippen LogP contribution < -0.4 is 10.5 Å². The second-order valence-electron chi connectivity index (χ2n) is 3.82. The number of benzene rings is 1. The topological polar surface area (TPSA) is 75.8 Å². The third kappa shape index (κ3) is 1.81. The number of hydrogen-bond acceptors (Lipinski definition) is 4. The Kier molecular flexibility index (Phi) is 2.70. The lowest BCUT2D eigenvalue weighted by Gasteiger charge is -2.36. The summed E-state index contributed by atoms with van der Waals surface area (Å²) >= 11 is 0. The van der Waals surface area contributed by atoms with Crippen LogP contribution in [0.5, 0.6) is 5.75 Å². The van der Waals surface area contributed by atoms with Crippen molar-refractivity contribution in [3.8, 4) is 5.75 Å². The standard InChI is InChI=1S/C11H14N2O3/c1-16-8-2-3-9(10(12)4-8)11(15)13-5-7(14)6-13/h2-4,7,14H,5-6,12H2,1H3. The predicted octanol–water partition coefficient (Wildman–Crippen LogP) is 0.0941. The summed E-state index contributed by atoms with van der Waals surface area (Å²) in [5.74, 6) is 0.475. The molecule has 0 bridgehead atoms. The number of β-amino-alcohol motifs (C(OH)–C–C–N with tert-alkyl or cyclic N) is 1. The van der Waals surface area contributed by atoms with E-state index in [0.717, 1.165) is 0 Å². The molecular weight excluding hydrogens is 208 g/mol. The van der Waals surface area contributed by atoms with E-state index < -0.39 is 6.10 Å². The molecule has 0 radical (unpaired) electrons. The molecule has 5 heteroatoms.